The first-order valence-corrected chi connectivity index (χ1v) is 4.79. The number of amides is 1. The molecule has 2 aliphatic rings. The number of carbonyl (C=O) groups excluding carboxylic acids is 2. The van der Waals surface area contributed by atoms with Gasteiger partial charge in [-0.15, -0.1) is 0 Å². The molecule has 0 radical (unpaired) electrons. The van der Waals surface area contributed by atoms with E-state index in [0.29, 0.717) is 19.4 Å². The van der Waals surface area contributed by atoms with E-state index in [1.807, 2.05) is 0 Å². The highest BCUT2D eigenvalue weighted by molar-refractivity contribution is 5.92. The van der Waals surface area contributed by atoms with Crippen molar-refractivity contribution in [1.82, 2.24) is 5.32 Å². The number of esters is 1. The molecule has 82 valence electrons. The molecule has 0 aromatic heterocycles. The molecular formula is C9H11NO5. The van der Waals surface area contributed by atoms with Crippen LogP contribution in [0.25, 0.3) is 0 Å². The highest BCUT2D eigenvalue weighted by atomic mass is 16.5. The molecule has 1 saturated heterocycles. The number of carboxylic acid groups (broad SMARTS) is 1. The van der Waals surface area contributed by atoms with Crippen molar-refractivity contribution in [2.24, 2.45) is 11.8 Å². The summed E-state index contributed by atoms with van der Waals surface area (Å²) in [6, 6.07) is -0.590. The summed E-state index contributed by atoms with van der Waals surface area (Å²) in [5.41, 5.74) is 0. The molecule has 3 atom stereocenters. The molecule has 0 spiro atoms. The minimum absolute atomic E-state index is 0.316. The van der Waals surface area contributed by atoms with Crippen LogP contribution in [0.15, 0.2) is 0 Å². The molecule has 1 unspecified atom stereocenters. The van der Waals surface area contributed by atoms with Crippen molar-refractivity contribution in [3.63, 3.8) is 0 Å². The molecule has 6 heteroatoms. The van der Waals surface area contributed by atoms with Gasteiger partial charge in [-0.25, -0.2) is 4.79 Å². The van der Waals surface area contributed by atoms with Gasteiger partial charge >= 0.3 is 11.9 Å². The Kier molecular flexibility index (Phi) is 2.34. The monoisotopic (exact) mass is 213 g/mol. The van der Waals surface area contributed by atoms with Crippen LogP contribution in [-0.2, 0) is 19.1 Å². The van der Waals surface area contributed by atoms with Gasteiger partial charge in [-0.1, -0.05) is 0 Å². The van der Waals surface area contributed by atoms with Crippen LogP contribution in [0.1, 0.15) is 12.8 Å². The zero-order valence-corrected chi connectivity index (χ0v) is 7.93. The summed E-state index contributed by atoms with van der Waals surface area (Å²) in [7, 11) is 0. The van der Waals surface area contributed by atoms with E-state index in [-0.39, 0.29) is 5.91 Å². The van der Waals surface area contributed by atoms with Gasteiger partial charge in [0.1, 0.15) is 6.04 Å². The molecule has 2 fully saturated rings. The Hall–Kier alpha value is -1.59. The maximum atomic E-state index is 11.4. The molecule has 0 bridgehead atoms. The van der Waals surface area contributed by atoms with Crippen LogP contribution < -0.4 is 5.32 Å². The van der Waals surface area contributed by atoms with Gasteiger partial charge in [0, 0.05) is 6.42 Å². The van der Waals surface area contributed by atoms with Crippen LogP contribution in [0.5, 0.6) is 0 Å². The van der Waals surface area contributed by atoms with Crippen molar-refractivity contribution in [2.45, 2.75) is 18.9 Å². The Morgan fingerprint density at radius 3 is 2.60 bits per heavy atom. The molecule has 15 heavy (non-hydrogen) atoms. The highest BCUT2D eigenvalue weighted by Gasteiger charge is 2.49. The Bertz CT molecular complexity index is 326. The van der Waals surface area contributed by atoms with Gasteiger partial charge in [-0.3, -0.25) is 9.59 Å². The van der Waals surface area contributed by atoms with Crippen LogP contribution in [0.3, 0.4) is 0 Å². The number of carboxylic acids is 1. The van der Waals surface area contributed by atoms with Crippen LogP contribution in [0.2, 0.25) is 0 Å². The number of cyclic esters (lactones) is 1. The highest BCUT2D eigenvalue weighted by Crippen LogP contribution is 2.38. The third kappa shape index (κ3) is 1.93. The van der Waals surface area contributed by atoms with Crippen LogP contribution in [0.4, 0.5) is 0 Å². The molecule has 1 heterocycles. The SMILES string of the molecule is O=C1OCCC1NC(=O)[C@@H]1C[C@@H]1C(=O)O. The number of carbonyl (C=O) groups is 3. The predicted octanol–water partition coefficient (Wildman–Crippen LogP) is -0.861. The van der Waals surface area contributed by atoms with E-state index in [1.54, 1.807) is 0 Å². The first kappa shape index (κ1) is 9.95. The van der Waals surface area contributed by atoms with E-state index in [1.165, 1.54) is 0 Å². The van der Waals surface area contributed by atoms with E-state index in [2.05, 4.69) is 10.1 Å². The number of rotatable bonds is 3. The van der Waals surface area contributed by atoms with Gasteiger partial charge in [0.15, 0.2) is 0 Å². The quantitative estimate of drug-likeness (QED) is 0.595. The van der Waals surface area contributed by atoms with Crippen molar-refractivity contribution in [1.29, 1.82) is 0 Å². The molecule has 0 aromatic carbocycles. The minimum Gasteiger partial charge on any atom is -0.481 e. The maximum Gasteiger partial charge on any atom is 0.328 e. The van der Waals surface area contributed by atoms with Gasteiger partial charge in [0.2, 0.25) is 5.91 Å². The van der Waals surface area contributed by atoms with Gasteiger partial charge in [0.05, 0.1) is 18.4 Å². The average Bonchev–Trinajstić information content (AvgIpc) is 2.88. The van der Waals surface area contributed by atoms with Crippen molar-refractivity contribution >= 4 is 17.8 Å². The lowest BCUT2D eigenvalue weighted by atomic mass is 10.2. The molecule has 1 aliphatic carbocycles. The first-order chi connectivity index (χ1) is 7.09. The van der Waals surface area contributed by atoms with Gasteiger partial charge < -0.3 is 15.2 Å². The van der Waals surface area contributed by atoms with Crippen LogP contribution in [-0.4, -0.2) is 35.6 Å². The summed E-state index contributed by atoms with van der Waals surface area (Å²) in [4.78, 5) is 33.0. The second-order valence-electron chi connectivity index (χ2n) is 3.80. The number of hydrogen-bond acceptors (Lipinski definition) is 4. The van der Waals surface area contributed by atoms with Crippen molar-refractivity contribution in [3.8, 4) is 0 Å². The molecule has 1 amide bonds. The molecular weight excluding hydrogens is 202 g/mol. The van der Waals surface area contributed by atoms with Gasteiger partial charge in [-0.2, -0.15) is 0 Å². The number of ether oxygens (including phenoxy) is 1. The van der Waals surface area contributed by atoms with Crippen molar-refractivity contribution in [3.05, 3.63) is 0 Å². The lowest BCUT2D eigenvalue weighted by Gasteiger charge is -2.07. The lowest BCUT2D eigenvalue weighted by molar-refractivity contribution is -0.142. The third-order valence-corrected chi connectivity index (χ3v) is 2.70. The number of nitrogens with one attached hydrogen (secondary N) is 1. The van der Waals surface area contributed by atoms with Crippen LogP contribution in [0, 0.1) is 11.8 Å². The topological polar surface area (TPSA) is 92.7 Å². The Labute approximate surface area is 85.6 Å². The molecule has 2 rings (SSSR count). The molecule has 1 saturated carbocycles. The largest absolute Gasteiger partial charge is 0.481 e. The fourth-order valence-corrected chi connectivity index (χ4v) is 1.66. The number of aliphatic carboxylic acids is 1. The number of hydrogen-bond donors (Lipinski definition) is 2. The summed E-state index contributed by atoms with van der Waals surface area (Å²) >= 11 is 0. The Balaban J connectivity index is 1.83. The fraction of sp³-hybridized carbons (Fsp3) is 0.667. The smallest absolute Gasteiger partial charge is 0.328 e. The zero-order valence-electron chi connectivity index (χ0n) is 7.93. The van der Waals surface area contributed by atoms with Crippen molar-refractivity contribution in [2.75, 3.05) is 6.61 Å². The molecule has 0 aromatic rings. The van der Waals surface area contributed by atoms with Gasteiger partial charge in [0.25, 0.3) is 0 Å². The Morgan fingerprint density at radius 2 is 2.13 bits per heavy atom. The first-order valence-electron chi connectivity index (χ1n) is 4.79. The fourth-order valence-electron chi connectivity index (χ4n) is 1.66. The van der Waals surface area contributed by atoms with Crippen LogP contribution >= 0.6 is 0 Å². The van der Waals surface area contributed by atoms with Gasteiger partial charge in [-0.05, 0) is 6.42 Å². The summed E-state index contributed by atoms with van der Waals surface area (Å²) in [5, 5.41) is 11.1. The second kappa shape index (κ2) is 3.52. The average molecular weight is 213 g/mol. The second-order valence-corrected chi connectivity index (χ2v) is 3.80. The maximum absolute atomic E-state index is 11.4. The summed E-state index contributed by atoms with van der Waals surface area (Å²) in [6.07, 6.45) is 0.831. The predicted molar refractivity (Wildman–Crippen MR) is 46.7 cm³/mol. The Morgan fingerprint density at radius 1 is 1.40 bits per heavy atom. The van der Waals surface area contributed by atoms with E-state index >= 15 is 0 Å². The molecule has 2 N–H and O–H groups in total. The normalized spacial score (nSPS) is 33.3. The standard InChI is InChI=1S/C9H11NO5/c11-7(4-3-5(4)8(12)13)10-6-1-2-15-9(6)14/h4-6H,1-3H2,(H,10,11)(H,12,13)/t4-,5+,6?/m1/s1. The lowest BCUT2D eigenvalue weighted by Crippen LogP contribution is -2.39. The van der Waals surface area contributed by atoms with Crippen molar-refractivity contribution < 1.29 is 24.2 Å². The van der Waals surface area contributed by atoms with E-state index in [0.717, 1.165) is 0 Å². The molecule has 6 nitrogen and oxygen atoms in total. The van der Waals surface area contributed by atoms with E-state index in [9.17, 15) is 14.4 Å². The van der Waals surface area contributed by atoms with E-state index < -0.39 is 29.8 Å². The summed E-state index contributed by atoms with van der Waals surface area (Å²) < 4.78 is 4.67. The van der Waals surface area contributed by atoms with E-state index in [4.69, 9.17) is 5.11 Å². The summed E-state index contributed by atoms with van der Waals surface area (Å²) in [5.74, 6) is -2.80. The minimum atomic E-state index is -0.954. The summed E-state index contributed by atoms with van der Waals surface area (Å²) in [6.45, 7) is 0.316. The zero-order chi connectivity index (χ0) is 11.0. The molecule has 1 aliphatic heterocycles. The third-order valence-electron chi connectivity index (χ3n) is 2.70.